The van der Waals surface area contributed by atoms with Crippen LogP contribution in [-0.2, 0) is 6.42 Å². The van der Waals surface area contributed by atoms with Crippen LogP contribution >= 0.6 is 0 Å². The Kier molecular flexibility index (Phi) is 4.89. The van der Waals surface area contributed by atoms with Crippen LogP contribution in [0, 0.1) is 27.7 Å². The van der Waals surface area contributed by atoms with Crippen LogP contribution < -0.4 is 5.32 Å². The summed E-state index contributed by atoms with van der Waals surface area (Å²) in [5, 5.41) is 3.47. The van der Waals surface area contributed by atoms with Crippen LogP contribution in [0.4, 0.5) is 5.69 Å². The zero-order valence-electron chi connectivity index (χ0n) is 15.6. The van der Waals surface area contributed by atoms with Crippen molar-refractivity contribution in [1.82, 2.24) is 0 Å². The molecule has 0 bridgehead atoms. The zero-order valence-corrected chi connectivity index (χ0v) is 15.6. The second-order valence-corrected chi connectivity index (χ2v) is 6.92. The van der Waals surface area contributed by atoms with E-state index in [0.29, 0.717) is 0 Å². The fraction of sp³-hybridized carbons (Fsp3) is 0.261. The van der Waals surface area contributed by atoms with Crippen molar-refractivity contribution >= 4 is 17.5 Å². The highest BCUT2D eigenvalue weighted by atomic mass is 14.9. The van der Waals surface area contributed by atoms with Crippen molar-refractivity contribution in [3.8, 4) is 0 Å². The van der Waals surface area contributed by atoms with E-state index in [1.54, 1.807) is 0 Å². The Morgan fingerprint density at radius 2 is 1.84 bits per heavy atom. The van der Waals surface area contributed by atoms with Gasteiger partial charge in [0.25, 0.3) is 0 Å². The Morgan fingerprint density at radius 1 is 1.04 bits per heavy atom. The van der Waals surface area contributed by atoms with E-state index in [9.17, 15) is 0 Å². The lowest BCUT2D eigenvalue weighted by Gasteiger charge is -2.15. The molecule has 0 aliphatic carbocycles. The van der Waals surface area contributed by atoms with Crippen molar-refractivity contribution in [3.05, 3.63) is 82.2 Å². The van der Waals surface area contributed by atoms with Crippen molar-refractivity contribution in [2.24, 2.45) is 4.99 Å². The lowest BCUT2D eigenvalue weighted by molar-refractivity contribution is 1.10. The molecule has 25 heavy (non-hydrogen) atoms. The summed E-state index contributed by atoms with van der Waals surface area (Å²) >= 11 is 0. The molecule has 1 aliphatic heterocycles. The van der Waals surface area contributed by atoms with Crippen LogP contribution in [0.3, 0.4) is 0 Å². The molecule has 2 aromatic rings. The summed E-state index contributed by atoms with van der Waals surface area (Å²) in [6.07, 6.45) is 5.67. The molecule has 2 nitrogen and oxygen atoms in total. The van der Waals surface area contributed by atoms with Crippen molar-refractivity contribution in [2.45, 2.75) is 40.5 Å². The Hall–Kier alpha value is -2.61. The summed E-state index contributed by atoms with van der Waals surface area (Å²) in [7, 11) is 0. The summed E-state index contributed by atoms with van der Waals surface area (Å²) in [6.45, 7) is 12.9. The molecule has 0 saturated heterocycles. The largest absolute Gasteiger partial charge is 0.359 e. The number of benzene rings is 2. The van der Waals surface area contributed by atoms with Gasteiger partial charge in [0.2, 0.25) is 0 Å². The predicted molar refractivity (Wildman–Crippen MR) is 109 cm³/mol. The summed E-state index contributed by atoms with van der Waals surface area (Å²) in [5.74, 6) is 0. The standard InChI is InChI=1S/C23H26N2/c1-15-6-7-20(19(5)18(15)4)13-17(3)25-22-8-9-23(16(2)12-22)21-10-11-24-14-21/h6-9,11-12,14,25H,3,10,13H2,1-2,4-5H3. The van der Waals surface area contributed by atoms with Crippen molar-refractivity contribution < 1.29 is 0 Å². The lowest BCUT2D eigenvalue weighted by atomic mass is 9.96. The number of rotatable bonds is 5. The highest BCUT2D eigenvalue weighted by Crippen LogP contribution is 2.27. The minimum Gasteiger partial charge on any atom is -0.359 e. The first kappa shape index (κ1) is 17.2. The van der Waals surface area contributed by atoms with Crippen LogP contribution in [0.25, 0.3) is 5.57 Å². The smallest absolute Gasteiger partial charge is 0.0384 e. The molecule has 0 radical (unpaired) electrons. The van der Waals surface area contributed by atoms with E-state index in [-0.39, 0.29) is 0 Å². The summed E-state index contributed by atoms with van der Waals surface area (Å²) < 4.78 is 0. The van der Waals surface area contributed by atoms with Gasteiger partial charge in [0.15, 0.2) is 0 Å². The Morgan fingerprint density at radius 3 is 2.52 bits per heavy atom. The first-order valence-electron chi connectivity index (χ1n) is 8.78. The molecule has 2 heteroatoms. The number of hydrogen-bond acceptors (Lipinski definition) is 2. The molecule has 1 aliphatic rings. The van der Waals surface area contributed by atoms with Crippen LogP contribution in [0.15, 0.2) is 53.8 Å². The molecule has 3 rings (SSSR count). The Bertz CT molecular complexity index is 885. The van der Waals surface area contributed by atoms with Crippen LogP contribution in [0.2, 0.25) is 0 Å². The van der Waals surface area contributed by atoms with Gasteiger partial charge in [-0.05, 0) is 78.8 Å². The summed E-state index contributed by atoms with van der Waals surface area (Å²) in [6, 6.07) is 10.9. The molecule has 0 atom stereocenters. The van der Waals surface area contributed by atoms with E-state index < -0.39 is 0 Å². The molecule has 0 saturated carbocycles. The molecule has 1 N–H and O–H groups in total. The first-order chi connectivity index (χ1) is 12.0. The molecule has 0 aromatic heterocycles. The fourth-order valence-corrected chi connectivity index (χ4v) is 3.31. The third-order valence-corrected chi connectivity index (χ3v) is 5.11. The molecular formula is C23H26N2. The molecule has 2 aromatic carbocycles. The van der Waals surface area contributed by atoms with Gasteiger partial charge in [-0.3, -0.25) is 4.99 Å². The number of nitrogens with one attached hydrogen (secondary N) is 1. The van der Waals surface area contributed by atoms with Crippen LogP contribution in [-0.4, -0.2) is 6.21 Å². The van der Waals surface area contributed by atoms with Gasteiger partial charge in [-0.15, -0.1) is 0 Å². The van der Waals surface area contributed by atoms with Gasteiger partial charge in [0.1, 0.15) is 0 Å². The summed E-state index contributed by atoms with van der Waals surface area (Å²) in [4.78, 5) is 4.20. The zero-order chi connectivity index (χ0) is 18.0. The van der Waals surface area contributed by atoms with Gasteiger partial charge in [0.05, 0.1) is 0 Å². The van der Waals surface area contributed by atoms with Crippen molar-refractivity contribution in [2.75, 3.05) is 5.32 Å². The Balaban J connectivity index is 1.71. The monoisotopic (exact) mass is 330 g/mol. The third kappa shape index (κ3) is 3.74. The average molecular weight is 330 g/mol. The summed E-state index contributed by atoms with van der Waals surface area (Å²) in [5.41, 5.74) is 11.3. The van der Waals surface area contributed by atoms with Crippen molar-refractivity contribution in [1.29, 1.82) is 0 Å². The maximum Gasteiger partial charge on any atom is 0.0384 e. The number of allylic oxidation sites excluding steroid dienone is 2. The van der Waals surface area contributed by atoms with Gasteiger partial charge in [0, 0.05) is 36.6 Å². The van der Waals surface area contributed by atoms with Crippen molar-refractivity contribution in [3.63, 3.8) is 0 Å². The second kappa shape index (κ2) is 7.10. The normalized spacial score (nSPS) is 13.0. The SMILES string of the molecule is C=C(Cc1ccc(C)c(C)c1C)Nc1ccc(C2=CN=CC2)c(C)c1. The van der Waals surface area contributed by atoms with Gasteiger partial charge in [-0.2, -0.15) is 0 Å². The molecular weight excluding hydrogens is 304 g/mol. The third-order valence-electron chi connectivity index (χ3n) is 5.11. The minimum atomic E-state index is 0.840. The van der Waals surface area contributed by atoms with Gasteiger partial charge >= 0.3 is 0 Å². The molecule has 0 fully saturated rings. The Labute approximate surface area is 151 Å². The van der Waals surface area contributed by atoms with E-state index in [2.05, 4.69) is 74.9 Å². The van der Waals surface area contributed by atoms with E-state index in [1.807, 2.05) is 12.4 Å². The van der Waals surface area contributed by atoms with Gasteiger partial charge < -0.3 is 5.32 Å². The van der Waals surface area contributed by atoms with E-state index in [0.717, 1.165) is 24.2 Å². The highest BCUT2D eigenvalue weighted by molar-refractivity contribution is 5.85. The van der Waals surface area contributed by atoms with E-state index >= 15 is 0 Å². The fourth-order valence-electron chi connectivity index (χ4n) is 3.31. The minimum absolute atomic E-state index is 0.840. The topological polar surface area (TPSA) is 24.4 Å². The second-order valence-electron chi connectivity index (χ2n) is 6.92. The number of nitrogens with zero attached hydrogens (tertiary/aromatic N) is 1. The number of hydrogen-bond donors (Lipinski definition) is 1. The molecule has 0 amide bonds. The lowest BCUT2D eigenvalue weighted by Crippen LogP contribution is -2.04. The maximum atomic E-state index is 4.23. The predicted octanol–water partition coefficient (Wildman–Crippen LogP) is 5.90. The molecule has 1 heterocycles. The molecule has 0 unspecified atom stereocenters. The van der Waals surface area contributed by atoms with E-state index in [1.165, 1.54) is 39.0 Å². The van der Waals surface area contributed by atoms with E-state index in [4.69, 9.17) is 0 Å². The van der Waals surface area contributed by atoms with Gasteiger partial charge in [-0.25, -0.2) is 0 Å². The quantitative estimate of drug-likeness (QED) is 0.724. The van der Waals surface area contributed by atoms with Gasteiger partial charge in [-0.1, -0.05) is 24.8 Å². The average Bonchev–Trinajstić information content (AvgIpc) is 3.10. The molecule has 0 spiro atoms. The first-order valence-corrected chi connectivity index (χ1v) is 8.78. The highest BCUT2D eigenvalue weighted by Gasteiger charge is 2.09. The number of anilines is 1. The maximum absolute atomic E-state index is 4.23. The number of aryl methyl sites for hydroxylation is 2. The number of aliphatic imine (C=N–C) groups is 1. The van der Waals surface area contributed by atoms with Crippen LogP contribution in [0.5, 0.6) is 0 Å². The van der Waals surface area contributed by atoms with Crippen LogP contribution in [0.1, 0.15) is 39.8 Å². The molecule has 128 valence electrons.